The molecule has 1 aromatic carbocycles. The molecule has 1 N–H and O–H groups in total. The van der Waals surface area contributed by atoms with Crippen molar-refractivity contribution >= 4 is 44.1 Å². The molecule has 4 heteroatoms. The number of aryl methyl sites for hydroxylation is 1. The molecule has 0 saturated carbocycles. The smallest absolute Gasteiger partial charge is 0.0912 e. The molecule has 2 nitrogen and oxygen atoms in total. The normalized spacial score (nSPS) is 10.9. The van der Waals surface area contributed by atoms with E-state index in [1.165, 1.54) is 0 Å². The van der Waals surface area contributed by atoms with E-state index in [2.05, 4.69) is 52.2 Å². The van der Waals surface area contributed by atoms with Crippen LogP contribution in [0.15, 0.2) is 22.7 Å². The van der Waals surface area contributed by atoms with Gasteiger partial charge in [0.1, 0.15) is 0 Å². The zero-order valence-electron chi connectivity index (χ0n) is 10.6. The van der Waals surface area contributed by atoms with Crippen molar-refractivity contribution in [1.82, 2.24) is 4.98 Å². The second kappa shape index (κ2) is 5.89. The van der Waals surface area contributed by atoms with E-state index in [0.717, 1.165) is 46.1 Å². The molecule has 0 bridgehead atoms. The van der Waals surface area contributed by atoms with Gasteiger partial charge < -0.3 is 5.32 Å². The third kappa shape index (κ3) is 2.78. The Morgan fingerprint density at radius 3 is 2.72 bits per heavy atom. The SMILES string of the molecule is CCCNc1cc(CC)nc2c(Cl)cc(Br)cc12. The van der Waals surface area contributed by atoms with Gasteiger partial charge in [-0.3, -0.25) is 4.98 Å². The molecular formula is C14H16BrClN2. The minimum absolute atomic E-state index is 0.689. The van der Waals surface area contributed by atoms with Gasteiger partial charge in [-0.25, -0.2) is 0 Å². The maximum atomic E-state index is 6.28. The summed E-state index contributed by atoms with van der Waals surface area (Å²) in [6.07, 6.45) is 2.00. The molecule has 0 spiro atoms. The number of pyridine rings is 1. The Hall–Kier alpha value is -0.800. The maximum absolute atomic E-state index is 6.28. The van der Waals surface area contributed by atoms with Crippen molar-refractivity contribution in [3.63, 3.8) is 0 Å². The van der Waals surface area contributed by atoms with Crippen LogP contribution in [0.4, 0.5) is 5.69 Å². The van der Waals surface area contributed by atoms with E-state index in [1.807, 2.05) is 6.07 Å². The Bertz CT molecular complexity index is 569. The molecule has 0 aliphatic carbocycles. The van der Waals surface area contributed by atoms with Crippen molar-refractivity contribution in [2.45, 2.75) is 26.7 Å². The Labute approximate surface area is 121 Å². The first-order chi connectivity index (χ1) is 8.65. The summed E-state index contributed by atoms with van der Waals surface area (Å²) in [7, 11) is 0. The lowest BCUT2D eigenvalue weighted by Gasteiger charge is -2.12. The second-order valence-corrected chi connectivity index (χ2v) is 5.55. The molecule has 0 aliphatic rings. The van der Waals surface area contributed by atoms with Gasteiger partial charge in [-0.2, -0.15) is 0 Å². The minimum Gasteiger partial charge on any atom is -0.384 e. The molecular weight excluding hydrogens is 312 g/mol. The van der Waals surface area contributed by atoms with E-state index >= 15 is 0 Å². The molecule has 2 rings (SSSR count). The maximum Gasteiger partial charge on any atom is 0.0912 e. The fourth-order valence-corrected chi connectivity index (χ4v) is 2.74. The molecule has 1 heterocycles. The van der Waals surface area contributed by atoms with Gasteiger partial charge in [0.05, 0.1) is 10.5 Å². The number of nitrogens with zero attached hydrogens (tertiary/aromatic N) is 1. The molecule has 18 heavy (non-hydrogen) atoms. The third-order valence-corrected chi connectivity index (χ3v) is 3.56. The van der Waals surface area contributed by atoms with Crippen LogP contribution < -0.4 is 5.32 Å². The van der Waals surface area contributed by atoms with Crippen LogP contribution in [0.2, 0.25) is 5.02 Å². The number of rotatable bonds is 4. The number of hydrogen-bond acceptors (Lipinski definition) is 2. The van der Waals surface area contributed by atoms with Crippen LogP contribution in [0.5, 0.6) is 0 Å². The number of benzene rings is 1. The predicted octanol–water partition coefficient (Wildman–Crippen LogP) is 5.04. The van der Waals surface area contributed by atoms with Gasteiger partial charge in [0.25, 0.3) is 0 Å². The lowest BCUT2D eigenvalue weighted by molar-refractivity contribution is 0.977. The number of hydrogen-bond donors (Lipinski definition) is 1. The number of anilines is 1. The first-order valence-electron chi connectivity index (χ1n) is 6.18. The molecule has 0 radical (unpaired) electrons. The van der Waals surface area contributed by atoms with Gasteiger partial charge in [-0.05, 0) is 31.0 Å². The van der Waals surface area contributed by atoms with Crippen molar-refractivity contribution < 1.29 is 0 Å². The summed E-state index contributed by atoms with van der Waals surface area (Å²) in [5, 5.41) is 5.21. The van der Waals surface area contributed by atoms with E-state index in [0.29, 0.717) is 5.02 Å². The molecule has 0 aliphatic heterocycles. The van der Waals surface area contributed by atoms with Crippen LogP contribution in [0.3, 0.4) is 0 Å². The van der Waals surface area contributed by atoms with Gasteiger partial charge in [-0.15, -0.1) is 0 Å². The highest BCUT2D eigenvalue weighted by Crippen LogP contribution is 2.32. The van der Waals surface area contributed by atoms with Crippen LogP contribution in [0, 0.1) is 0 Å². The fraction of sp³-hybridized carbons (Fsp3) is 0.357. The van der Waals surface area contributed by atoms with Gasteiger partial charge in [0, 0.05) is 27.8 Å². The molecule has 0 fully saturated rings. The highest BCUT2D eigenvalue weighted by atomic mass is 79.9. The van der Waals surface area contributed by atoms with Crippen LogP contribution in [0.25, 0.3) is 10.9 Å². The quantitative estimate of drug-likeness (QED) is 0.851. The summed E-state index contributed by atoms with van der Waals surface area (Å²) in [6.45, 7) is 5.21. The summed E-state index contributed by atoms with van der Waals surface area (Å²) in [6, 6.07) is 6.06. The average Bonchev–Trinajstić information content (AvgIpc) is 2.36. The predicted molar refractivity (Wildman–Crippen MR) is 82.6 cm³/mol. The Morgan fingerprint density at radius 1 is 1.28 bits per heavy atom. The van der Waals surface area contributed by atoms with Crippen molar-refractivity contribution in [3.05, 3.63) is 33.4 Å². The first kappa shape index (κ1) is 13.6. The number of nitrogens with one attached hydrogen (secondary N) is 1. The summed E-state index contributed by atoms with van der Waals surface area (Å²) in [5.74, 6) is 0. The van der Waals surface area contributed by atoms with Gasteiger partial charge >= 0.3 is 0 Å². The Kier molecular flexibility index (Phi) is 4.46. The Morgan fingerprint density at radius 2 is 2.06 bits per heavy atom. The van der Waals surface area contributed by atoms with Crippen LogP contribution in [-0.4, -0.2) is 11.5 Å². The van der Waals surface area contributed by atoms with E-state index in [9.17, 15) is 0 Å². The van der Waals surface area contributed by atoms with Crippen molar-refractivity contribution in [2.75, 3.05) is 11.9 Å². The van der Waals surface area contributed by atoms with Crippen molar-refractivity contribution in [1.29, 1.82) is 0 Å². The zero-order chi connectivity index (χ0) is 13.1. The average molecular weight is 328 g/mol. The number of fused-ring (bicyclic) bond motifs is 1. The second-order valence-electron chi connectivity index (χ2n) is 4.23. The molecule has 1 aromatic heterocycles. The molecule has 0 amide bonds. The topological polar surface area (TPSA) is 24.9 Å². The molecule has 0 atom stereocenters. The standard InChI is InChI=1S/C14H16BrClN2/c1-3-5-17-13-8-10(4-2)18-14-11(13)6-9(15)7-12(14)16/h6-8H,3-5H2,1-2H3,(H,17,18). The lowest BCUT2D eigenvalue weighted by atomic mass is 10.1. The summed E-state index contributed by atoms with van der Waals surface area (Å²) in [5.41, 5.74) is 3.05. The first-order valence-corrected chi connectivity index (χ1v) is 7.35. The van der Waals surface area contributed by atoms with Gasteiger partial charge in [0.2, 0.25) is 0 Å². The highest BCUT2D eigenvalue weighted by molar-refractivity contribution is 9.10. The van der Waals surface area contributed by atoms with Crippen LogP contribution in [0.1, 0.15) is 26.0 Å². The van der Waals surface area contributed by atoms with E-state index < -0.39 is 0 Å². The van der Waals surface area contributed by atoms with Crippen molar-refractivity contribution in [2.24, 2.45) is 0 Å². The summed E-state index contributed by atoms with van der Waals surface area (Å²) in [4.78, 5) is 4.61. The summed E-state index contributed by atoms with van der Waals surface area (Å²) < 4.78 is 0.977. The molecule has 2 aromatic rings. The minimum atomic E-state index is 0.689. The number of aromatic nitrogens is 1. The van der Waals surface area contributed by atoms with E-state index in [-0.39, 0.29) is 0 Å². The lowest BCUT2D eigenvalue weighted by Crippen LogP contribution is -2.02. The van der Waals surface area contributed by atoms with E-state index in [1.54, 1.807) is 0 Å². The van der Waals surface area contributed by atoms with Gasteiger partial charge in [-0.1, -0.05) is 41.4 Å². The third-order valence-electron chi connectivity index (χ3n) is 2.81. The zero-order valence-corrected chi connectivity index (χ0v) is 12.9. The monoisotopic (exact) mass is 326 g/mol. The molecule has 0 saturated heterocycles. The van der Waals surface area contributed by atoms with Gasteiger partial charge in [0.15, 0.2) is 0 Å². The fourth-order valence-electron chi connectivity index (χ4n) is 1.89. The number of halogens is 2. The molecule has 96 valence electrons. The van der Waals surface area contributed by atoms with Crippen LogP contribution >= 0.6 is 27.5 Å². The van der Waals surface area contributed by atoms with Crippen molar-refractivity contribution in [3.8, 4) is 0 Å². The Balaban J connectivity index is 2.64. The summed E-state index contributed by atoms with van der Waals surface area (Å²) >= 11 is 9.76. The molecule has 0 unspecified atom stereocenters. The highest BCUT2D eigenvalue weighted by Gasteiger charge is 2.09. The van der Waals surface area contributed by atoms with E-state index in [4.69, 9.17) is 11.6 Å². The largest absolute Gasteiger partial charge is 0.384 e. The van der Waals surface area contributed by atoms with Crippen LogP contribution in [-0.2, 0) is 6.42 Å².